The van der Waals surface area contributed by atoms with Crippen LogP contribution >= 0.6 is 0 Å². The van der Waals surface area contributed by atoms with Crippen LogP contribution in [-0.4, -0.2) is 31.8 Å². The van der Waals surface area contributed by atoms with Gasteiger partial charge in [-0.1, -0.05) is 12.1 Å². The minimum absolute atomic E-state index is 0.288. The molecule has 3 aromatic rings. The summed E-state index contributed by atoms with van der Waals surface area (Å²) in [6, 6.07) is 8.26. The molecule has 0 N–H and O–H groups in total. The van der Waals surface area contributed by atoms with E-state index in [1.165, 1.54) is 12.8 Å². The van der Waals surface area contributed by atoms with E-state index >= 15 is 0 Å². The van der Waals surface area contributed by atoms with E-state index in [1.54, 1.807) is 0 Å². The Balaban J connectivity index is 1.72. The Morgan fingerprint density at radius 2 is 2.13 bits per heavy atom. The number of benzene rings is 1. The number of hydrogen-bond donors (Lipinski definition) is 0. The molecule has 0 spiro atoms. The molecule has 5 heteroatoms. The lowest BCUT2D eigenvalue weighted by atomic mass is 10.1. The van der Waals surface area contributed by atoms with Gasteiger partial charge in [-0.25, -0.2) is 9.97 Å². The summed E-state index contributed by atoms with van der Waals surface area (Å²) in [7, 11) is 0. The molecule has 5 nitrogen and oxygen atoms in total. The van der Waals surface area contributed by atoms with E-state index in [4.69, 9.17) is 9.72 Å². The molecule has 1 aromatic carbocycles. The predicted octanol–water partition coefficient (Wildman–Crippen LogP) is 3.49. The van der Waals surface area contributed by atoms with Gasteiger partial charge in [0.15, 0.2) is 11.6 Å². The lowest BCUT2D eigenvalue weighted by Gasteiger charge is -2.23. The molecule has 120 valence electrons. The molecule has 0 radical (unpaired) electrons. The molecule has 1 aliphatic heterocycles. The van der Waals surface area contributed by atoms with E-state index in [0.29, 0.717) is 0 Å². The summed E-state index contributed by atoms with van der Waals surface area (Å²) in [6.45, 7) is 4.75. The molecule has 0 saturated carbocycles. The van der Waals surface area contributed by atoms with Crippen molar-refractivity contribution in [3.63, 3.8) is 0 Å². The lowest BCUT2D eigenvalue weighted by molar-refractivity contribution is 0.00622. The van der Waals surface area contributed by atoms with Crippen molar-refractivity contribution in [3.05, 3.63) is 36.7 Å². The fourth-order valence-corrected chi connectivity index (χ4v) is 3.40. The van der Waals surface area contributed by atoms with E-state index in [1.807, 2.05) is 18.5 Å². The van der Waals surface area contributed by atoms with Gasteiger partial charge in [-0.05, 0) is 38.3 Å². The van der Waals surface area contributed by atoms with Crippen molar-refractivity contribution in [1.29, 1.82) is 0 Å². The number of imidazole rings is 2. The molecule has 4 rings (SSSR count). The largest absolute Gasteiger partial charge is 0.376 e. The first-order valence-electron chi connectivity index (χ1n) is 8.45. The van der Waals surface area contributed by atoms with Crippen LogP contribution in [0.2, 0.25) is 0 Å². The number of aryl methyl sites for hydroxylation is 1. The van der Waals surface area contributed by atoms with Crippen LogP contribution in [0.5, 0.6) is 0 Å². The van der Waals surface area contributed by atoms with E-state index in [9.17, 15) is 0 Å². The van der Waals surface area contributed by atoms with Crippen LogP contribution in [-0.2, 0) is 17.8 Å². The van der Waals surface area contributed by atoms with Crippen molar-refractivity contribution < 1.29 is 4.74 Å². The molecule has 2 aromatic heterocycles. The summed E-state index contributed by atoms with van der Waals surface area (Å²) < 4.78 is 10.3. The Morgan fingerprint density at radius 1 is 1.22 bits per heavy atom. The van der Waals surface area contributed by atoms with Gasteiger partial charge in [0.2, 0.25) is 0 Å². The van der Waals surface area contributed by atoms with Gasteiger partial charge in [0.1, 0.15) is 0 Å². The molecule has 1 aliphatic rings. The van der Waals surface area contributed by atoms with Gasteiger partial charge in [-0.15, -0.1) is 0 Å². The number of rotatable bonds is 4. The van der Waals surface area contributed by atoms with Gasteiger partial charge < -0.3 is 13.9 Å². The van der Waals surface area contributed by atoms with E-state index in [-0.39, 0.29) is 6.10 Å². The fraction of sp³-hybridized carbons (Fsp3) is 0.444. The first kappa shape index (κ1) is 14.5. The standard InChI is InChI=1S/C18H22N4O/c1-2-22-16-9-4-3-8-15(16)20-18(22)17-19-10-11-21(17)13-14-7-5-6-12-23-14/h3-4,8-11,14H,2,5-7,12-13H2,1H3. The SMILES string of the molecule is CCn1c(-c2nccn2CC2CCCCO2)nc2ccccc21. The number of fused-ring (bicyclic) bond motifs is 1. The van der Waals surface area contributed by atoms with Crippen LogP contribution in [0.4, 0.5) is 0 Å². The van der Waals surface area contributed by atoms with E-state index in [2.05, 4.69) is 39.2 Å². The fourth-order valence-electron chi connectivity index (χ4n) is 3.40. The Kier molecular flexibility index (Phi) is 3.87. The summed E-state index contributed by atoms with van der Waals surface area (Å²) in [4.78, 5) is 9.40. The molecule has 0 aliphatic carbocycles. The Labute approximate surface area is 135 Å². The maximum absolute atomic E-state index is 5.88. The number of nitrogens with zero attached hydrogens (tertiary/aromatic N) is 4. The maximum Gasteiger partial charge on any atom is 0.177 e. The van der Waals surface area contributed by atoms with Gasteiger partial charge in [-0.3, -0.25) is 0 Å². The van der Waals surface area contributed by atoms with Crippen molar-refractivity contribution in [2.75, 3.05) is 6.61 Å². The summed E-state index contributed by atoms with van der Waals surface area (Å²) in [6.07, 6.45) is 7.74. The van der Waals surface area contributed by atoms with Crippen LogP contribution in [0.25, 0.3) is 22.7 Å². The van der Waals surface area contributed by atoms with E-state index < -0.39 is 0 Å². The highest BCUT2D eigenvalue weighted by Gasteiger charge is 2.19. The monoisotopic (exact) mass is 310 g/mol. The maximum atomic E-state index is 5.88. The van der Waals surface area contributed by atoms with Gasteiger partial charge in [0.25, 0.3) is 0 Å². The van der Waals surface area contributed by atoms with Crippen LogP contribution in [0.15, 0.2) is 36.7 Å². The average Bonchev–Trinajstić information content (AvgIpc) is 3.19. The number of aromatic nitrogens is 4. The Hall–Kier alpha value is -2.14. The van der Waals surface area contributed by atoms with Crippen molar-refractivity contribution >= 4 is 11.0 Å². The number of ether oxygens (including phenoxy) is 1. The molecule has 1 unspecified atom stereocenters. The second-order valence-electron chi connectivity index (χ2n) is 6.06. The summed E-state index contributed by atoms with van der Waals surface area (Å²) in [5.74, 6) is 1.87. The average molecular weight is 310 g/mol. The van der Waals surface area contributed by atoms with Crippen molar-refractivity contribution in [2.24, 2.45) is 0 Å². The first-order chi connectivity index (χ1) is 11.4. The second-order valence-corrected chi connectivity index (χ2v) is 6.06. The van der Waals surface area contributed by atoms with Crippen molar-refractivity contribution in [2.45, 2.75) is 45.4 Å². The molecule has 1 saturated heterocycles. The third-order valence-electron chi connectivity index (χ3n) is 4.56. The lowest BCUT2D eigenvalue weighted by Crippen LogP contribution is -2.24. The molecule has 0 amide bonds. The zero-order valence-corrected chi connectivity index (χ0v) is 13.5. The molecular weight excluding hydrogens is 288 g/mol. The third-order valence-corrected chi connectivity index (χ3v) is 4.56. The second kappa shape index (κ2) is 6.16. The minimum Gasteiger partial charge on any atom is -0.376 e. The Bertz CT molecular complexity index is 798. The normalized spacial score (nSPS) is 18.6. The number of hydrogen-bond acceptors (Lipinski definition) is 3. The topological polar surface area (TPSA) is 44.9 Å². The van der Waals surface area contributed by atoms with E-state index in [0.717, 1.165) is 48.8 Å². The summed E-state index contributed by atoms with van der Waals surface area (Å²) in [5.41, 5.74) is 2.18. The van der Waals surface area contributed by atoms with Crippen LogP contribution in [0, 0.1) is 0 Å². The van der Waals surface area contributed by atoms with Gasteiger partial charge >= 0.3 is 0 Å². The quantitative estimate of drug-likeness (QED) is 0.741. The van der Waals surface area contributed by atoms with Gasteiger partial charge in [-0.2, -0.15) is 0 Å². The molecule has 23 heavy (non-hydrogen) atoms. The molecular formula is C18H22N4O. The van der Waals surface area contributed by atoms with Crippen molar-refractivity contribution in [3.8, 4) is 11.6 Å². The third kappa shape index (κ3) is 2.65. The van der Waals surface area contributed by atoms with Crippen LogP contribution in [0.1, 0.15) is 26.2 Å². The predicted molar refractivity (Wildman–Crippen MR) is 90.2 cm³/mol. The smallest absolute Gasteiger partial charge is 0.177 e. The molecule has 0 bridgehead atoms. The van der Waals surface area contributed by atoms with Crippen LogP contribution in [0.3, 0.4) is 0 Å². The number of para-hydroxylation sites is 2. The zero-order valence-electron chi connectivity index (χ0n) is 13.5. The van der Waals surface area contributed by atoms with Crippen molar-refractivity contribution in [1.82, 2.24) is 19.1 Å². The molecule has 1 fully saturated rings. The summed E-state index contributed by atoms with van der Waals surface area (Å²) >= 11 is 0. The molecule has 1 atom stereocenters. The molecule has 3 heterocycles. The zero-order chi connectivity index (χ0) is 15.6. The highest BCUT2D eigenvalue weighted by atomic mass is 16.5. The summed E-state index contributed by atoms with van der Waals surface area (Å²) in [5, 5.41) is 0. The van der Waals surface area contributed by atoms with Gasteiger partial charge in [0, 0.05) is 25.5 Å². The highest BCUT2D eigenvalue weighted by molar-refractivity contribution is 5.79. The van der Waals surface area contributed by atoms with Crippen LogP contribution < -0.4 is 0 Å². The highest BCUT2D eigenvalue weighted by Crippen LogP contribution is 2.25. The Morgan fingerprint density at radius 3 is 2.96 bits per heavy atom. The first-order valence-corrected chi connectivity index (χ1v) is 8.45. The van der Waals surface area contributed by atoms with Gasteiger partial charge in [0.05, 0.1) is 23.7 Å². The minimum atomic E-state index is 0.288.